The van der Waals surface area contributed by atoms with Crippen molar-refractivity contribution in [3.63, 3.8) is 0 Å². The Balaban J connectivity index is 1.77. The highest BCUT2D eigenvalue weighted by atomic mass is 32.1. The first-order valence-corrected chi connectivity index (χ1v) is 10.3. The molecule has 2 aliphatic heterocycles. The summed E-state index contributed by atoms with van der Waals surface area (Å²) >= 11 is 1.63. The Kier molecular flexibility index (Phi) is 5.05. The van der Waals surface area contributed by atoms with Gasteiger partial charge in [0.25, 0.3) is 5.56 Å². The minimum atomic E-state index is -0.160. The number of thiophene rings is 1. The standard InChI is InChI=1S/C19H26N4O3S/c1-4-12-9-23-15(11-21(2)18(12)24)20-17-16(19(23)25)13-5-6-22(7-8-26-3)10-14(13)27-17/h12H,4-11H2,1-3H3. The molecule has 1 atom stereocenters. The van der Waals surface area contributed by atoms with Gasteiger partial charge in [-0.2, -0.15) is 0 Å². The van der Waals surface area contributed by atoms with Gasteiger partial charge in [0.1, 0.15) is 10.7 Å². The first-order chi connectivity index (χ1) is 13.0. The Bertz CT molecular complexity index is 935. The van der Waals surface area contributed by atoms with Crippen LogP contribution >= 0.6 is 11.3 Å². The van der Waals surface area contributed by atoms with E-state index in [1.807, 2.05) is 6.92 Å². The summed E-state index contributed by atoms with van der Waals surface area (Å²) < 4.78 is 6.95. The molecule has 0 spiro atoms. The van der Waals surface area contributed by atoms with Gasteiger partial charge in [-0.05, 0) is 18.4 Å². The second-order valence-corrected chi connectivity index (χ2v) is 8.53. The summed E-state index contributed by atoms with van der Waals surface area (Å²) in [6.45, 7) is 6.23. The average molecular weight is 391 g/mol. The molecule has 2 aromatic rings. The lowest BCUT2D eigenvalue weighted by Gasteiger charge is -2.26. The number of ether oxygens (including phenoxy) is 1. The van der Waals surface area contributed by atoms with Crippen molar-refractivity contribution in [3.8, 4) is 0 Å². The Morgan fingerprint density at radius 3 is 2.85 bits per heavy atom. The Hall–Kier alpha value is -1.77. The van der Waals surface area contributed by atoms with E-state index in [0.29, 0.717) is 25.5 Å². The maximum Gasteiger partial charge on any atom is 0.262 e. The number of amides is 1. The number of aromatic nitrogens is 2. The molecule has 0 saturated heterocycles. The van der Waals surface area contributed by atoms with Crippen LogP contribution in [-0.2, 0) is 35.6 Å². The maximum absolute atomic E-state index is 13.4. The van der Waals surface area contributed by atoms with E-state index in [4.69, 9.17) is 9.72 Å². The molecule has 4 heterocycles. The van der Waals surface area contributed by atoms with Crippen molar-refractivity contribution in [1.29, 1.82) is 0 Å². The number of hydrogen-bond acceptors (Lipinski definition) is 6. The van der Waals surface area contributed by atoms with Crippen LogP contribution < -0.4 is 5.56 Å². The van der Waals surface area contributed by atoms with Gasteiger partial charge in [-0.25, -0.2) is 4.98 Å². The monoisotopic (exact) mass is 390 g/mol. The van der Waals surface area contributed by atoms with Gasteiger partial charge in [-0.1, -0.05) is 6.92 Å². The zero-order valence-electron chi connectivity index (χ0n) is 16.2. The third kappa shape index (κ3) is 3.19. The molecule has 8 heteroatoms. The predicted molar refractivity (Wildman–Crippen MR) is 105 cm³/mol. The third-order valence-corrected chi connectivity index (χ3v) is 6.84. The molecular weight excluding hydrogens is 364 g/mol. The molecule has 1 unspecified atom stereocenters. The second-order valence-electron chi connectivity index (χ2n) is 7.45. The smallest absolute Gasteiger partial charge is 0.262 e. The maximum atomic E-state index is 13.4. The minimum absolute atomic E-state index is 0.0272. The number of hydrogen-bond donors (Lipinski definition) is 0. The van der Waals surface area contributed by atoms with Crippen molar-refractivity contribution in [2.45, 2.75) is 39.4 Å². The summed E-state index contributed by atoms with van der Waals surface area (Å²) in [6.07, 6.45) is 1.59. The van der Waals surface area contributed by atoms with Gasteiger partial charge in [0.15, 0.2) is 0 Å². The quantitative estimate of drug-likeness (QED) is 0.791. The van der Waals surface area contributed by atoms with Crippen molar-refractivity contribution in [3.05, 3.63) is 26.6 Å². The van der Waals surface area contributed by atoms with Crippen molar-refractivity contribution in [1.82, 2.24) is 19.4 Å². The number of fused-ring (bicyclic) bond motifs is 4. The average Bonchev–Trinajstić information content (AvgIpc) is 2.97. The summed E-state index contributed by atoms with van der Waals surface area (Å²) in [5, 5.41) is 0.775. The second kappa shape index (κ2) is 7.33. The van der Waals surface area contributed by atoms with E-state index in [1.54, 1.807) is 35.0 Å². The number of carbonyl (C=O) groups is 1. The summed E-state index contributed by atoms with van der Waals surface area (Å²) in [5.74, 6) is 0.642. The Labute approximate surface area is 162 Å². The Morgan fingerprint density at radius 1 is 1.30 bits per heavy atom. The van der Waals surface area contributed by atoms with Gasteiger partial charge in [0.2, 0.25) is 5.91 Å². The van der Waals surface area contributed by atoms with Crippen LogP contribution in [-0.4, -0.2) is 59.1 Å². The van der Waals surface area contributed by atoms with E-state index in [2.05, 4.69) is 4.90 Å². The molecule has 7 nitrogen and oxygen atoms in total. The largest absolute Gasteiger partial charge is 0.383 e. The highest BCUT2D eigenvalue weighted by Gasteiger charge is 2.30. The van der Waals surface area contributed by atoms with Gasteiger partial charge >= 0.3 is 0 Å². The molecule has 0 N–H and O–H groups in total. The molecule has 2 aromatic heterocycles. The lowest BCUT2D eigenvalue weighted by atomic mass is 10.0. The first-order valence-electron chi connectivity index (χ1n) is 9.53. The van der Waals surface area contributed by atoms with E-state index in [0.717, 1.165) is 48.3 Å². The molecule has 0 saturated carbocycles. The number of carbonyl (C=O) groups excluding carboxylic acids is 1. The lowest BCUT2D eigenvalue weighted by Crippen LogP contribution is -2.33. The van der Waals surface area contributed by atoms with E-state index in [-0.39, 0.29) is 17.4 Å². The van der Waals surface area contributed by atoms with Crippen LogP contribution in [0.2, 0.25) is 0 Å². The highest BCUT2D eigenvalue weighted by Crippen LogP contribution is 2.33. The van der Waals surface area contributed by atoms with Crippen molar-refractivity contribution >= 4 is 27.5 Å². The molecule has 0 aromatic carbocycles. The molecule has 27 heavy (non-hydrogen) atoms. The molecular formula is C19H26N4O3S. The SMILES string of the molecule is CCC1Cn2c(nc3sc4c(c3c2=O)CCN(CCOC)C4)CN(C)C1=O. The predicted octanol–water partition coefficient (Wildman–Crippen LogP) is 1.46. The third-order valence-electron chi connectivity index (χ3n) is 5.73. The van der Waals surface area contributed by atoms with Crippen LogP contribution in [0.3, 0.4) is 0 Å². The topological polar surface area (TPSA) is 67.7 Å². The molecule has 146 valence electrons. The van der Waals surface area contributed by atoms with Gasteiger partial charge in [-0.3, -0.25) is 19.1 Å². The van der Waals surface area contributed by atoms with E-state index >= 15 is 0 Å². The Morgan fingerprint density at radius 2 is 2.11 bits per heavy atom. The molecule has 4 rings (SSSR count). The highest BCUT2D eigenvalue weighted by molar-refractivity contribution is 7.18. The van der Waals surface area contributed by atoms with Gasteiger partial charge in [0.05, 0.1) is 24.5 Å². The fourth-order valence-electron chi connectivity index (χ4n) is 4.10. The zero-order valence-corrected chi connectivity index (χ0v) is 17.0. The van der Waals surface area contributed by atoms with Gasteiger partial charge < -0.3 is 9.64 Å². The summed E-state index contributed by atoms with van der Waals surface area (Å²) in [5.41, 5.74) is 1.19. The van der Waals surface area contributed by atoms with Crippen LogP contribution in [0, 0.1) is 5.92 Å². The molecule has 0 radical (unpaired) electrons. The molecule has 1 amide bonds. The zero-order chi connectivity index (χ0) is 19.1. The van der Waals surface area contributed by atoms with Gasteiger partial charge in [0, 0.05) is 45.2 Å². The molecule has 0 aliphatic carbocycles. The van der Waals surface area contributed by atoms with E-state index < -0.39 is 0 Å². The van der Waals surface area contributed by atoms with Crippen LogP contribution in [0.4, 0.5) is 0 Å². The fourth-order valence-corrected chi connectivity index (χ4v) is 5.37. The minimum Gasteiger partial charge on any atom is -0.383 e. The normalized spacial score (nSPS) is 20.6. The number of rotatable bonds is 4. The van der Waals surface area contributed by atoms with Crippen LogP contribution in [0.25, 0.3) is 10.2 Å². The van der Waals surface area contributed by atoms with Crippen LogP contribution in [0.5, 0.6) is 0 Å². The number of nitrogens with zero attached hydrogens (tertiary/aromatic N) is 4. The summed E-state index contributed by atoms with van der Waals surface area (Å²) in [6, 6.07) is 0. The van der Waals surface area contributed by atoms with E-state index in [1.165, 1.54) is 4.88 Å². The number of methoxy groups -OCH3 is 1. The fraction of sp³-hybridized carbons (Fsp3) is 0.632. The van der Waals surface area contributed by atoms with Crippen molar-refractivity contribution < 1.29 is 9.53 Å². The van der Waals surface area contributed by atoms with Crippen LogP contribution in [0.1, 0.15) is 29.6 Å². The lowest BCUT2D eigenvalue weighted by molar-refractivity contribution is -0.134. The molecule has 0 fully saturated rings. The van der Waals surface area contributed by atoms with Crippen molar-refractivity contribution in [2.75, 3.05) is 33.9 Å². The van der Waals surface area contributed by atoms with E-state index in [9.17, 15) is 9.59 Å². The first kappa shape index (κ1) is 18.6. The summed E-state index contributed by atoms with van der Waals surface area (Å²) in [4.78, 5) is 36.8. The molecule has 2 aliphatic rings. The van der Waals surface area contributed by atoms with Gasteiger partial charge in [-0.15, -0.1) is 11.3 Å². The van der Waals surface area contributed by atoms with Crippen LogP contribution in [0.15, 0.2) is 4.79 Å². The van der Waals surface area contributed by atoms with Crippen molar-refractivity contribution in [2.24, 2.45) is 5.92 Å². The molecule has 0 bridgehead atoms. The summed E-state index contributed by atoms with van der Waals surface area (Å²) in [7, 11) is 3.52.